The van der Waals surface area contributed by atoms with Crippen LogP contribution < -0.4 is 0 Å². The zero-order valence-electron chi connectivity index (χ0n) is 18.4. The lowest BCUT2D eigenvalue weighted by Crippen LogP contribution is -2.44. The van der Waals surface area contributed by atoms with Crippen molar-refractivity contribution in [2.75, 3.05) is 0 Å². The van der Waals surface area contributed by atoms with Gasteiger partial charge in [-0.1, -0.05) is 79.9 Å². The van der Waals surface area contributed by atoms with Crippen molar-refractivity contribution in [3.8, 4) is 0 Å². The van der Waals surface area contributed by atoms with Crippen LogP contribution >= 0.6 is 0 Å². The molecule has 24 heavy (non-hydrogen) atoms. The van der Waals surface area contributed by atoms with Gasteiger partial charge in [-0.25, -0.2) is 0 Å². The molecule has 0 aliphatic rings. The van der Waals surface area contributed by atoms with Crippen LogP contribution in [0, 0.1) is 17.8 Å². The summed E-state index contributed by atoms with van der Waals surface area (Å²) in [6.45, 7) is 23.3. The Hall–Kier alpha value is -0.0831. The van der Waals surface area contributed by atoms with Gasteiger partial charge in [-0.05, 0) is 55.7 Å². The van der Waals surface area contributed by atoms with Crippen LogP contribution in [0.3, 0.4) is 0 Å². The Labute approximate surface area is 154 Å². The quantitative estimate of drug-likeness (QED) is 0.271. The highest BCUT2D eigenvalue weighted by Gasteiger charge is 2.38. The summed E-state index contributed by atoms with van der Waals surface area (Å²) < 4.78 is 6.54. The first kappa shape index (κ1) is 23.9. The monoisotopic (exact) mass is 354 g/mol. The molecule has 0 aromatic rings. The maximum absolute atomic E-state index is 6.54. The summed E-state index contributed by atoms with van der Waals surface area (Å²) >= 11 is 0. The molecule has 0 N–H and O–H groups in total. The number of hydrogen-bond acceptors (Lipinski definition) is 1. The largest absolute Gasteiger partial charge is 0.414 e. The lowest BCUT2D eigenvalue weighted by atomic mass is 9.92. The first-order chi connectivity index (χ1) is 10.9. The fourth-order valence-corrected chi connectivity index (χ4v) is 4.37. The molecular formula is C22H46OSi. The Balaban J connectivity index is 4.29. The van der Waals surface area contributed by atoms with Gasteiger partial charge in [-0.15, -0.1) is 0 Å². The second-order valence-electron chi connectivity index (χ2n) is 9.68. The third-order valence-electron chi connectivity index (χ3n) is 5.89. The highest BCUT2D eigenvalue weighted by molar-refractivity contribution is 6.74. The molecule has 0 saturated carbocycles. The van der Waals surface area contributed by atoms with Crippen molar-refractivity contribution in [2.45, 2.75) is 112 Å². The molecule has 0 amide bonds. The molecule has 0 heterocycles. The highest BCUT2D eigenvalue weighted by Crippen LogP contribution is 2.38. The molecule has 1 nitrogen and oxygen atoms in total. The topological polar surface area (TPSA) is 9.23 Å². The molecule has 0 saturated heterocycles. The van der Waals surface area contributed by atoms with Crippen LogP contribution in [0.1, 0.15) is 87.5 Å². The van der Waals surface area contributed by atoms with E-state index in [1.54, 1.807) is 0 Å². The standard InChI is InChI=1S/C22H46OSi/c1-11-12-14-18(2)17-19(3)15-13-16-20(4)21(5)23-24(9,10)22(6,7)8/h13,15,18-21H,11-12,14,16-17H2,1-10H3/b15-13+/t18-,19+,20+,21-/m0/s1. The van der Waals surface area contributed by atoms with E-state index in [1.165, 1.54) is 25.7 Å². The average Bonchev–Trinajstić information content (AvgIpc) is 2.43. The molecule has 0 aliphatic heterocycles. The van der Waals surface area contributed by atoms with Gasteiger partial charge >= 0.3 is 0 Å². The fourth-order valence-electron chi connectivity index (χ4n) is 2.86. The van der Waals surface area contributed by atoms with Crippen molar-refractivity contribution in [1.29, 1.82) is 0 Å². The second-order valence-corrected chi connectivity index (χ2v) is 14.4. The van der Waals surface area contributed by atoms with Gasteiger partial charge in [0.05, 0.1) is 0 Å². The maximum Gasteiger partial charge on any atom is 0.192 e. The molecule has 0 aromatic heterocycles. The van der Waals surface area contributed by atoms with Gasteiger partial charge in [0.25, 0.3) is 0 Å². The van der Waals surface area contributed by atoms with Gasteiger partial charge in [0.1, 0.15) is 0 Å². The lowest BCUT2D eigenvalue weighted by Gasteiger charge is -2.39. The molecule has 144 valence electrons. The number of rotatable bonds is 11. The van der Waals surface area contributed by atoms with Gasteiger partial charge in [-0.3, -0.25) is 0 Å². The van der Waals surface area contributed by atoms with E-state index in [9.17, 15) is 0 Å². The predicted molar refractivity (Wildman–Crippen MR) is 113 cm³/mol. The molecule has 0 spiro atoms. The third kappa shape index (κ3) is 9.41. The molecule has 0 radical (unpaired) electrons. The zero-order chi connectivity index (χ0) is 19.0. The van der Waals surface area contributed by atoms with Crippen LogP contribution in [-0.2, 0) is 4.43 Å². The normalized spacial score (nSPS) is 18.6. The van der Waals surface area contributed by atoms with Crippen molar-refractivity contribution in [3.63, 3.8) is 0 Å². The molecule has 4 atom stereocenters. The first-order valence-corrected chi connectivity index (χ1v) is 13.2. The van der Waals surface area contributed by atoms with Crippen LogP contribution in [0.2, 0.25) is 18.1 Å². The SMILES string of the molecule is CCCC[C@H](C)C[C@H](C)/C=C/C[C@@H](C)[C@H](C)O[Si](C)(C)C(C)(C)C. The van der Waals surface area contributed by atoms with Crippen molar-refractivity contribution >= 4 is 8.32 Å². The smallest absolute Gasteiger partial charge is 0.192 e. The van der Waals surface area contributed by atoms with Crippen LogP contribution in [0.15, 0.2) is 12.2 Å². The molecule has 0 rings (SSSR count). The van der Waals surface area contributed by atoms with E-state index in [4.69, 9.17) is 4.43 Å². The minimum Gasteiger partial charge on any atom is -0.414 e. The van der Waals surface area contributed by atoms with Gasteiger partial charge < -0.3 is 4.43 Å². The second kappa shape index (κ2) is 10.8. The minimum absolute atomic E-state index is 0.292. The Bertz CT molecular complexity index is 353. The summed E-state index contributed by atoms with van der Waals surface area (Å²) in [5.74, 6) is 2.13. The predicted octanol–water partition coefficient (Wildman–Crippen LogP) is 7.83. The third-order valence-corrected chi connectivity index (χ3v) is 10.5. The van der Waals surface area contributed by atoms with Crippen molar-refractivity contribution < 1.29 is 4.43 Å². The van der Waals surface area contributed by atoms with Crippen molar-refractivity contribution in [3.05, 3.63) is 12.2 Å². The number of allylic oxidation sites excluding steroid dienone is 2. The van der Waals surface area contributed by atoms with E-state index < -0.39 is 8.32 Å². The minimum atomic E-state index is -1.65. The molecule has 0 aliphatic carbocycles. The summed E-state index contributed by atoms with van der Waals surface area (Å²) in [6.07, 6.45) is 11.7. The van der Waals surface area contributed by atoms with E-state index in [2.05, 4.69) is 80.6 Å². The summed E-state index contributed by atoms with van der Waals surface area (Å²) in [7, 11) is -1.65. The summed E-state index contributed by atoms with van der Waals surface area (Å²) in [4.78, 5) is 0. The molecule has 2 heteroatoms. The summed E-state index contributed by atoms with van der Waals surface area (Å²) in [5.41, 5.74) is 0. The van der Waals surface area contributed by atoms with Gasteiger partial charge in [0, 0.05) is 6.10 Å². The van der Waals surface area contributed by atoms with E-state index in [1.807, 2.05) is 0 Å². The van der Waals surface area contributed by atoms with Crippen LogP contribution in [0.5, 0.6) is 0 Å². The summed E-state index contributed by atoms with van der Waals surface area (Å²) in [6, 6.07) is 0. The molecule has 0 unspecified atom stereocenters. The van der Waals surface area contributed by atoms with E-state index in [0.717, 1.165) is 12.3 Å². The molecule has 0 aromatic carbocycles. The van der Waals surface area contributed by atoms with E-state index in [0.29, 0.717) is 23.0 Å². The number of hydrogen-bond donors (Lipinski definition) is 0. The Morgan fingerprint density at radius 2 is 1.62 bits per heavy atom. The Kier molecular flexibility index (Phi) is 10.8. The van der Waals surface area contributed by atoms with Crippen molar-refractivity contribution in [1.82, 2.24) is 0 Å². The lowest BCUT2D eigenvalue weighted by molar-refractivity contribution is 0.144. The van der Waals surface area contributed by atoms with Crippen molar-refractivity contribution in [2.24, 2.45) is 17.8 Å². The van der Waals surface area contributed by atoms with Gasteiger partial charge in [0.2, 0.25) is 0 Å². The highest BCUT2D eigenvalue weighted by atomic mass is 28.4. The van der Waals surface area contributed by atoms with E-state index in [-0.39, 0.29) is 0 Å². The summed E-state index contributed by atoms with van der Waals surface area (Å²) in [5, 5.41) is 0.292. The zero-order valence-corrected chi connectivity index (χ0v) is 19.4. The molecule has 0 fully saturated rings. The average molecular weight is 355 g/mol. The Morgan fingerprint density at radius 3 is 2.12 bits per heavy atom. The number of unbranched alkanes of at least 4 members (excludes halogenated alkanes) is 1. The van der Waals surface area contributed by atoms with Gasteiger partial charge in [-0.2, -0.15) is 0 Å². The van der Waals surface area contributed by atoms with E-state index >= 15 is 0 Å². The van der Waals surface area contributed by atoms with Gasteiger partial charge in [0.15, 0.2) is 8.32 Å². The van der Waals surface area contributed by atoms with Crippen LogP contribution in [0.25, 0.3) is 0 Å². The molecular weight excluding hydrogens is 308 g/mol. The molecule has 0 bridgehead atoms. The Morgan fingerprint density at radius 1 is 1.04 bits per heavy atom. The van der Waals surface area contributed by atoms with Crippen LogP contribution in [-0.4, -0.2) is 14.4 Å². The first-order valence-electron chi connectivity index (χ1n) is 10.2. The fraction of sp³-hybridized carbons (Fsp3) is 0.909. The van der Waals surface area contributed by atoms with Crippen LogP contribution in [0.4, 0.5) is 0 Å². The maximum atomic E-state index is 6.54.